The smallest absolute Gasteiger partial charge is 0.321 e. The fourth-order valence-electron chi connectivity index (χ4n) is 2.38. The van der Waals surface area contributed by atoms with E-state index in [-0.39, 0.29) is 11.1 Å². The van der Waals surface area contributed by atoms with E-state index in [1.165, 1.54) is 29.0 Å². The number of amides is 1. The molecule has 1 aromatic carbocycles. The number of nitrogens with zero attached hydrogens (tertiary/aromatic N) is 2. The monoisotopic (exact) mass is 360 g/mol. The van der Waals surface area contributed by atoms with Gasteiger partial charge in [0.1, 0.15) is 5.52 Å². The number of anilines is 1. The molecule has 1 amide bonds. The normalized spacial score (nSPS) is 11.4. The Labute approximate surface area is 147 Å². The molecule has 6 nitrogen and oxygen atoms in total. The van der Waals surface area contributed by atoms with Crippen LogP contribution in [0.3, 0.4) is 0 Å². The van der Waals surface area contributed by atoms with Crippen LogP contribution in [0.4, 0.5) is 10.1 Å². The van der Waals surface area contributed by atoms with Crippen molar-refractivity contribution in [2.24, 2.45) is 7.05 Å². The van der Waals surface area contributed by atoms with Gasteiger partial charge < -0.3 is 10.3 Å². The Bertz CT molecular complexity index is 1070. The number of rotatable bonds is 3. The van der Waals surface area contributed by atoms with E-state index in [0.29, 0.717) is 21.9 Å². The van der Waals surface area contributed by atoms with Gasteiger partial charge in [0.15, 0.2) is 5.82 Å². The summed E-state index contributed by atoms with van der Waals surface area (Å²) in [5.74, 6) is -1.05. The van der Waals surface area contributed by atoms with Gasteiger partial charge in [-0.1, -0.05) is 11.6 Å². The number of aryl methyl sites for hydroxylation is 2. The molecule has 0 radical (unpaired) electrons. The summed E-state index contributed by atoms with van der Waals surface area (Å²) in [5.41, 5.74) is 1.42. The minimum Gasteiger partial charge on any atom is -0.321 e. The molecule has 0 atom stereocenters. The molecule has 2 N–H and O–H groups in total. The van der Waals surface area contributed by atoms with Gasteiger partial charge in [-0.05, 0) is 31.2 Å². The summed E-state index contributed by atoms with van der Waals surface area (Å²) in [6, 6.07) is 4.69. The predicted molar refractivity (Wildman–Crippen MR) is 95.1 cm³/mol. The Morgan fingerprint density at radius 1 is 1.44 bits per heavy atom. The summed E-state index contributed by atoms with van der Waals surface area (Å²) < 4.78 is 15.8. The second-order valence-electron chi connectivity index (χ2n) is 5.46. The molecule has 0 bridgehead atoms. The number of hydrogen-bond donors (Lipinski definition) is 2. The number of aromatic amines is 1. The highest BCUT2D eigenvalue weighted by molar-refractivity contribution is 6.30. The molecule has 0 aliphatic carbocycles. The third-order valence-electron chi connectivity index (χ3n) is 3.77. The quantitative estimate of drug-likeness (QED) is 0.704. The summed E-state index contributed by atoms with van der Waals surface area (Å²) in [6.07, 6.45) is 4.02. The zero-order valence-corrected chi connectivity index (χ0v) is 14.2. The molecule has 8 heteroatoms. The van der Waals surface area contributed by atoms with Crippen LogP contribution in [0.1, 0.15) is 11.3 Å². The number of aromatic nitrogens is 3. The van der Waals surface area contributed by atoms with Crippen molar-refractivity contribution < 1.29 is 9.18 Å². The molecule has 2 aromatic heterocycles. The number of carbonyl (C=O) groups is 1. The van der Waals surface area contributed by atoms with E-state index in [1.54, 1.807) is 26.1 Å². The Hall–Kier alpha value is -2.93. The molecule has 2 heterocycles. The standard InChI is InChI=1S/C17H14ClFN4O2/c1-9-12(7-11(18)8-20-9)21-14(24)6-4-10-3-5-13-16(15(10)19)22-17(25)23(13)2/h3-8H,1-2H3,(H,21,24)(H,22,25)/b6-4+. The number of imidazole rings is 1. The zero-order valence-electron chi connectivity index (χ0n) is 13.4. The second kappa shape index (κ2) is 6.52. The Balaban J connectivity index is 1.85. The van der Waals surface area contributed by atoms with E-state index >= 15 is 0 Å². The van der Waals surface area contributed by atoms with Gasteiger partial charge >= 0.3 is 5.69 Å². The van der Waals surface area contributed by atoms with E-state index in [4.69, 9.17) is 11.6 Å². The van der Waals surface area contributed by atoms with Gasteiger partial charge in [-0.2, -0.15) is 0 Å². The van der Waals surface area contributed by atoms with Crippen LogP contribution in [0.2, 0.25) is 5.02 Å². The van der Waals surface area contributed by atoms with Crippen LogP contribution in [0.25, 0.3) is 17.1 Å². The molecule has 0 spiro atoms. The van der Waals surface area contributed by atoms with Gasteiger partial charge in [-0.15, -0.1) is 0 Å². The number of pyridine rings is 1. The first-order valence-corrected chi connectivity index (χ1v) is 7.73. The summed E-state index contributed by atoms with van der Waals surface area (Å²) in [6.45, 7) is 1.73. The van der Waals surface area contributed by atoms with Crippen molar-refractivity contribution in [2.45, 2.75) is 6.92 Å². The maximum absolute atomic E-state index is 14.5. The second-order valence-corrected chi connectivity index (χ2v) is 5.90. The Kier molecular flexibility index (Phi) is 4.41. The number of benzene rings is 1. The number of hydrogen-bond acceptors (Lipinski definition) is 3. The van der Waals surface area contributed by atoms with Crippen LogP contribution in [0.5, 0.6) is 0 Å². The van der Waals surface area contributed by atoms with E-state index < -0.39 is 17.4 Å². The maximum Gasteiger partial charge on any atom is 0.326 e. The average Bonchev–Trinajstić information content (AvgIpc) is 2.86. The van der Waals surface area contributed by atoms with Gasteiger partial charge in [0.05, 0.1) is 21.9 Å². The molecular formula is C17H14ClFN4O2. The van der Waals surface area contributed by atoms with Crippen LogP contribution in [0.15, 0.2) is 35.3 Å². The van der Waals surface area contributed by atoms with Gasteiger partial charge in [0.2, 0.25) is 5.91 Å². The summed E-state index contributed by atoms with van der Waals surface area (Å²) >= 11 is 5.85. The molecule has 0 saturated heterocycles. The molecular weight excluding hydrogens is 347 g/mol. The van der Waals surface area contributed by atoms with E-state index in [0.717, 1.165) is 0 Å². The molecule has 0 unspecified atom stereocenters. The number of carbonyl (C=O) groups excluding carboxylic acids is 1. The molecule has 0 aliphatic heterocycles. The molecule has 3 rings (SSSR count). The number of nitrogens with one attached hydrogen (secondary N) is 2. The lowest BCUT2D eigenvalue weighted by Gasteiger charge is -2.05. The van der Waals surface area contributed by atoms with E-state index in [9.17, 15) is 14.0 Å². The fraction of sp³-hybridized carbons (Fsp3) is 0.118. The van der Waals surface area contributed by atoms with Crippen molar-refractivity contribution in [1.82, 2.24) is 14.5 Å². The van der Waals surface area contributed by atoms with Crippen molar-refractivity contribution in [3.63, 3.8) is 0 Å². The third kappa shape index (κ3) is 3.32. The first kappa shape index (κ1) is 16.9. The van der Waals surface area contributed by atoms with Crippen LogP contribution >= 0.6 is 11.6 Å². The van der Waals surface area contributed by atoms with Crippen molar-refractivity contribution in [3.05, 3.63) is 63.1 Å². The highest BCUT2D eigenvalue weighted by Gasteiger charge is 2.11. The summed E-state index contributed by atoms with van der Waals surface area (Å²) in [7, 11) is 1.55. The van der Waals surface area contributed by atoms with Crippen LogP contribution < -0.4 is 11.0 Å². The van der Waals surface area contributed by atoms with Crippen LogP contribution in [-0.2, 0) is 11.8 Å². The minimum atomic E-state index is -0.597. The SMILES string of the molecule is Cc1ncc(Cl)cc1NC(=O)/C=C/c1ccc2c([nH]c(=O)n2C)c1F. The van der Waals surface area contributed by atoms with Crippen LogP contribution in [-0.4, -0.2) is 20.4 Å². The Morgan fingerprint density at radius 3 is 2.96 bits per heavy atom. The molecule has 0 aliphatic rings. The molecule has 25 heavy (non-hydrogen) atoms. The molecule has 3 aromatic rings. The highest BCUT2D eigenvalue weighted by atomic mass is 35.5. The third-order valence-corrected chi connectivity index (χ3v) is 3.98. The van der Waals surface area contributed by atoms with Gasteiger partial charge in [0, 0.05) is 24.9 Å². The first-order valence-electron chi connectivity index (χ1n) is 7.35. The van der Waals surface area contributed by atoms with Crippen LogP contribution in [0, 0.1) is 12.7 Å². The average molecular weight is 361 g/mol. The minimum absolute atomic E-state index is 0.102. The lowest BCUT2D eigenvalue weighted by atomic mass is 10.1. The van der Waals surface area contributed by atoms with Crippen molar-refractivity contribution in [1.29, 1.82) is 0 Å². The Morgan fingerprint density at radius 2 is 2.20 bits per heavy atom. The summed E-state index contributed by atoms with van der Waals surface area (Å²) in [5, 5.41) is 3.03. The molecule has 0 saturated carbocycles. The number of halogens is 2. The highest BCUT2D eigenvalue weighted by Crippen LogP contribution is 2.20. The largest absolute Gasteiger partial charge is 0.326 e. The molecule has 0 fully saturated rings. The van der Waals surface area contributed by atoms with Gasteiger partial charge in [-0.3, -0.25) is 14.3 Å². The van der Waals surface area contributed by atoms with Crippen molar-refractivity contribution >= 4 is 40.3 Å². The lowest BCUT2D eigenvalue weighted by molar-refractivity contribution is -0.111. The fourth-order valence-corrected chi connectivity index (χ4v) is 2.54. The van der Waals surface area contributed by atoms with E-state index in [2.05, 4.69) is 15.3 Å². The van der Waals surface area contributed by atoms with Gasteiger partial charge in [-0.25, -0.2) is 9.18 Å². The number of H-pyrrole nitrogens is 1. The first-order chi connectivity index (χ1) is 11.9. The predicted octanol–water partition coefficient (Wildman–Crippen LogP) is 3.01. The number of fused-ring (bicyclic) bond motifs is 1. The molecule has 128 valence electrons. The topological polar surface area (TPSA) is 79.8 Å². The summed E-state index contributed by atoms with van der Waals surface area (Å²) in [4.78, 5) is 30.1. The maximum atomic E-state index is 14.5. The van der Waals surface area contributed by atoms with E-state index in [1.807, 2.05) is 0 Å². The lowest BCUT2D eigenvalue weighted by Crippen LogP contribution is -2.11. The van der Waals surface area contributed by atoms with Crippen molar-refractivity contribution in [2.75, 3.05) is 5.32 Å². The zero-order chi connectivity index (χ0) is 18.1. The van der Waals surface area contributed by atoms with Crippen molar-refractivity contribution in [3.8, 4) is 0 Å². The van der Waals surface area contributed by atoms with Gasteiger partial charge in [0.25, 0.3) is 0 Å².